The summed E-state index contributed by atoms with van der Waals surface area (Å²) in [5.74, 6) is 0.906. The topological polar surface area (TPSA) is 51.1 Å². The Bertz CT molecular complexity index is 890. The van der Waals surface area contributed by atoms with E-state index in [4.69, 9.17) is 14.5 Å². The highest BCUT2D eigenvalue weighted by Gasteiger charge is 2.43. The third-order valence-electron chi connectivity index (χ3n) is 5.53. The number of benzene rings is 2. The van der Waals surface area contributed by atoms with Crippen molar-refractivity contribution < 1.29 is 14.3 Å². The Hall–Kier alpha value is -2.82. The van der Waals surface area contributed by atoms with Gasteiger partial charge in [0, 0.05) is 12.5 Å². The number of ether oxygens (including phenoxy) is 2. The van der Waals surface area contributed by atoms with Crippen LogP contribution in [0, 0.1) is 0 Å². The molecule has 0 aromatic heterocycles. The van der Waals surface area contributed by atoms with E-state index in [0.717, 1.165) is 12.8 Å². The van der Waals surface area contributed by atoms with Crippen molar-refractivity contribution in [3.05, 3.63) is 71.8 Å². The van der Waals surface area contributed by atoms with Gasteiger partial charge in [-0.3, -0.25) is 4.90 Å². The number of carbonyl (C=O) groups is 1. The molecule has 2 aromatic carbocycles. The second-order valence-electron chi connectivity index (χ2n) is 9.11. The zero-order chi connectivity index (χ0) is 21.1. The van der Waals surface area contributed by atoms with Gasteiger partial charge >= 0.3 is 6.09 Å². The summed E-state index contributed by atoms with van der Waals surface area (Å²) in [6.45, 7) is 6.84. The fourth-order valence-corrected chi connectivity index (χ4v) is 4.17. The van der Waals surface area contributed by atoms with Gasteiger partial charge in [-0.15, -0.1) is 0 Å². The maximum Gasteiger partial charge on any atom is 0.410 e. The fourth-order valence-electron chi connectivity index (χ4n) is 4.17. The molecular formula is C25H30N2O3. The van der Waals surface area contributed by atoms with E-state index in [2.05, 4.69) is 24.3 Å². The van der Waals surface area contributed by atoms with Crippen LogP contribution in [0.15, 0.2) is 65.7 Å². The first kappa shape index (κ1) is 20.5. The van der Waals surface area contributed by atoms with Gasteiger partial charge in [-0.2, -0.15) is 0 Å². The lowest BCUT2D eigenvalue weighted by Gasteiger charge is -2.28. The predicted octanol–water partition coefficient (Wildman–Crippen LogP) is 4.82. The third-order valence-corrected chi connectivity index (χ3v) is 5.53. The molecule has 2 aromatic rings. The number of rotatable bonds is 4. The molecule has 5 heteroatoms. The van der Waals surface area contributed by atoms with Crippen LogP contribution in [0.4, 0.5) is 4.79 Å². The van der Waals surface area contributed by atoms with E-state index in [1.807, 2.05) is 57.2 Å². The lowest BCUT2D eigenvalue weighted by molar-refractivity contribution is 0.0252. The van der Waals surface area contributed by atoms with Gasteiger partial charge in [-0.1, -0.05) is 60.7 Å². The van der Waals surface area contributed by atoms with Gasteiger partial charge in [0.05, 0.1) is 6.04 Å². The highest BCUT2D eigenvalue weighted by molar-refractivity contribution is 5.87. The van der Waals surface area contributed by atoms with E-state index in [-0.39, 0.29) is 24.1 Å². The quantitative estimate of drug-likeness (QED) is 0.731. The Morgan fingerprint density at radius 2 is 1.77 bits per heavy atom. The van der Waals surface area contributed by atoms with Crippen LogP contribution in [0.1, 0.15) is 44.2 Å². The molecule has 1 saturated heterocycles. The summed E-state index contributed by atoms with van der Waals surface area (Å²) in [6.07, 6.45) is 1.33. The van der Waals surface area contributed by atoms with Crippen LogP contribution in [0.25, 0.3) is 0 Å². The first-order chi connectivity index (χ1) is 14.4. The maximum atomic E-state index is 13.0. The number of nitrogens with zero attached hydrogens (tertiary/aromatic N) is 2. The van der Waals surface area contributed by atoms with E-state index in [1.54, 1.807) is 4.90 Å². The van der Waals surface area contributed by atoms with Gasteiger partial charge in [0.2, 0.25) is 5.90 Å². The molecule has 0 saturated carbocycles. The Balaban J connectivity index is 1.53. The van der Waals surface area contributed by atoms with E-state index >= 15 is 0 Å². The van der Waals surface area contributed by atoms with Crippen molar-refractivity contribution in [3.63, 3.8) is 0 Å². The average Bonchev–Trinajstić information content (AvgIpc) is 3.35. The molecule has 158 valence electrons. The molecule has 30 heavy (non-hydrogen) atoms. The van der Waals surface area contributed by atoms with E-state index in [0.29, 0.717) is 19.0 Å². The Morgan fingerprint density at radius 3 is 2.43 bits per heavy atom. The standard InChI is InChI=1S/C25H30N2O3/c1-25(2,3)30-24(28)27-16-20(19-12-8-5-9-13-19)15-22(27)23-26-21(17-29-23)14-18-10-6-4-7-11-18/h4-13,20-22H,14-17H2,1-3H3/t20-,21?,22-/m0/s1. The van der Waals surface area contributed by atoms with Crippen molar-refractivity contribution in [2.75, 3.05) is 13.2 Å². The lowest BCUT2D eigenvalue weighted by Crippen LogP contribution is -2.43. The zero-order valence-electron chi connectivity index (χ0n) is 18.0. The van der Waals surface area contributed by atoms with Crippen molar-refractivity contribution in [2.24, 2.45) is 4.99 Å². The van der Waals surface area contributed by atoms with Crippen molar-refractivity contribution in [2.45, 2.75) is 57.2 Å². The molecule has 1 amide bonds. The molecule has 3 atom stereocenters. The van der Waals surface area contributed by atoms with E-state index in [1.165, 1.54) is 11.1 Å². The minimum Gasteiger partial charge on any atom is -0.477 e. The average molecular weight is 407 g/mol. The molecule has 0 radical (unpaired) electrons. The monoisotopic (exact) mass is 406 g/mol. The molecule has 1 fully saturated rings. The van der Waals surface area contributed by atoms with Crippen LogP contribution in [0.2, 0.25) is 0 Å². The van der Waals surface area contributed by atoms with Crippen LogP contribution in [-0.2, 0) is 15.9 Å². The van der Waals surface area contributed by atoms with Crippen LogP contribution >= 0.6 is 0 Å². The van der Waals surface area contributed by atoms with Crippen molar-refractivity contribution >= 4 is 12.0 Å². The third kappa shape index (κ3) is 4.84. The summed E-state index contributed by atoms with van der Waals surface area (Å²) in [7, 11) is 0. The molecule has 0 aliphatic carbocycles. The van der Waals surface area contributed by atoms with Crippen molar-refractivity contribution in [1.82, 2.24) is 4.90 Å². The Kier molecular flexibility index (Phi) is 5.80. The summed E-state index contributed by atoms with van der Waals surface area (Å²) < 4.78 is 11.7. The van der Waals surface area contributed by atoms with Crippen LogP contribution in [0.3, 0.4) is 0 Å². The highest BCUT2D eigenvalue weighted by atomic mass is 16.6. The molecule has 0 spiro atoms. The number of hydrogen-bond acceptors (Lipinski definition) is 4. The fraction of sp³-hybridized carbons (Fsp3) is 0.440. The molecule has 5 nitrogen and oxygen atoms in total. The van der Waals surface area contributed by atoms with Crippen molar-refractivity contribution in [3.8, 4) is 0 Å². The minimum atomic E-state index is -0.541. The first-order valence-corrected chi connectivity index (χ1v) is 10.7. The molecular weight excluding hydrogens is 376 g/mol. The molecule has 0 N–H and O–H groups in total. The second kappa shape index (κ2) is 8.50. The Morgan fingerprint density at radius 1 is 1.10 bits per heavy atom. The second-order valence-corrected chi connectivity index (χ2v) is 9.11. The zero-order valence-corrected chi connectivity index (χ0v) is 18.0. The van der Waals surface area contributed by atoms with Gasteiger partial charge in [-0.05, 0) is 44.7 Å². The molecule has 2 aliphatic rings. The van der Waals surface area contributed by atoms with Crippen LogP contribution in [-0.4, -0.2) is 47.7 Å². The predicted molar refractivity (Wildman–Crippen MR) is 118 cm³/mol. The maximum absolute atomic E-state index is 13.0. The summed E-state index contributed by atoms with van der Waals surface area (Å²) in [5, 5.41) is 0. The van der Waals surface area contributed by atoms with Gasteiger partial charge < -0.3 is 9.47 Å². The van der Waals surface area contributed by atoms with Crippen LogP contribution in [0.5, 0.6) is 0 Å². The van der Waals surface area contributed by atoms with Gasteiger partial charge in [0.25, 0.3) is 0 Å². The minimum absolute atomic E-state index is 0.0821. The number of likely N-dealkylation sites (tertiary alicyclic amines) is 1. The van der Waals surface area contributed by atoms with Gasteiger partial charge in [0.1, 0.15) is 18.2 Å². The Labute approximate surface area is 178 Å². The smallest absolute Gasteiger partial charge is 0.410 e. The number of amides is 1. The normalized spacial score (nSPS) is 23.8. The molecule has 4 rings (SSSR count). The molecule has 2 heterocycles. The first-order valence-electron chi connectivity index (χ1n) is 10.7. The number of hydrogen-bond donors (Lipinski definition) is 0. The summed E-state index contributed by atoms with van der Waals surface area (Å²) >= 11 is 0. The van der Waals surface area contributed by atoms with Gasteiger partial charge in [-0.25, -0.2) is 9.79 Å². The molecule has 0 bridgehead atoms. The lowest BCUT2D eigenvalue weighted by atomic mass is 9.96. The summed E-state index contributed by atoms with van der Waals surface area (Å²) in [5.41, 5.74) is 1.93. The summed E-state index contributed by atoms with van der Waals surface area (Å²) in [4.78, 5) is 19.6. The highest BCUT2D eigenvalue weighted by Crippen LogP contribution is 2.34. The number of carbonyl (C=O) groups excluding carboxylic acids is 1. The molecule has 1 unspecified atom stereocenters. The summed E-state index contributed by atoms with van der Waals surface area (Å²) in [6, 6.07) is 20.6. The van der Waals surface area contributed by atoms with E-state index < -0.39 is 5.60 Å². The van der Waals surface area contributed by atoms with Crippen molar-refractivity contribution in [1.29, 1.82) is 0 Å². The molecule has 2 aliphatic heterocycles. The van der Waals surface area contributed by atoms with Gasteiger partial charge in [0.15, 0.2) is 0 Å². The SMILES string of the molecule is CC(C)(C)OC(=O)N1C[C@@H](c2ccccc2)C[C@H]1C1=NC(Cc2ccccc2)CO1. The largest absolute Gasteiger partial charge is 0.477 e. The number of aliphatic imine (C=N–C) groups is 1. The van der Waals surface area contributed by atoms with Crippen LogP contribution < -0.4 is 0 Å². The van der Waals surface area contributed by atoms with E-state index in [9.17, 15) is 4.79 Å².